The maximum Gasteiger partial charge on any atom is 0.373 e. The van der Waals surface area contributed by atoms with E-state index in [2.05, 4.69) is 10.1 Å². The molecule has 19 heavy (non-hydrogen) atoms. The van der Waals surface area contributed by atoms with E-state index in [0.717, 1.165) is 38.4 Å². The normalized spacial score (nSPS) is 18.2. The van der Waals surface area contributed by atoms with Crippen molar-refractivity contribution in [3.8, 4) is 0 Å². The quantitative estimate of drug-likeness (QED) is 0.828. The van der Waals surface area contributed by atoms with E-state index >= 15 is 0 Å². The molecule has 1 atom stereocenters. The Labute approximate surface area is 113 Å². The van der Waals surface area contributed by atoms with Gasteiger partial charge in [0.1, 0.15) is 5.76 Å². The molecule has 0 amide bonds. The van der Waals surface area contributed by atoms with E-state index in [-0.39, 0.29) is 11.8 Å². The third kappa shape index (κ3) is 3.81. The summed E-state index contributed by atoms with van der Waals surface area (Å²) >= 11 is 0. The van der Waals surface area contributed by atoms with E-state index in [1.165, 1.54) is 7.11 Å². The summed E-state index contributed by atoms with van der Waals surface area (Å²) in [4.78, 5) is 11.3. The number of hydrogen-bond donors (Lipinski definition) is 1. The number of nitrogens with one attached hydrogen (secondary N) is 1. The first-order chi connectivity index (χ1) is 9.20. The molecule has 1 saturated heterocycles. The van der Waals surface area contributed by atoms with Crippen molar-refractivity contribution < 1.29 is 18.7 Å². The number of carbonyl (C=O) groups excluding carboxylic acids is 1. The Morgan fingerprint density at radius 3 is 2.89 bits per heavy atom. The maximum absolute atomic E-state index is 11.3. The summed E-state index contributed by atoms with van der Waals surface area (Å²) in [7, 11) is 1.34. The van der Waals surface area contributed by atoms with Gasteiger partial charge in [-0.3, -0.25) is 0 Å². The molecule has 1 fully saturated rings. The number of esters is 1. The molecule has 0 aliphatic carbocycles. The fourth-order valence-electron chi connectivity index (χ4n) is 2.19. The largest absolute Gasteiger partial charge is 0.463 e. The van der Waals surface area contributed by atoms with Crippen LogP contribution >= 0.6 is 0 Å². The molecule has 1 unspecified atom stereocenters. The first kappa shape index (κ1) is 14.1. The van der Waals surface area contributed by atoms with Crippen molar-refractivity contribution in [2.45, 2.75) is 25.8 Å². The first-order valence-electron chi connectivity index (χ1n) is 6.70. The zero-order valence-electron chi connectivity index (χ0n) is 11.5. The van der Waals surface area contributed by atoms with Gasteiger partial charge in [0.05, 0.1) is 13.2 Å². The van der Waals surface area contributed by atoms with Crippen molar-refractivity contribution in [2.24, 2.45) is 5.92 Å². The monoisotopic (exact) mass is 267 g/mol. The predicted molar refractivity (Wildman–Crippen MR) is 70.0 cm³/mol. The molecule has 2 heterocycles. The summed E-state index contributed by atoms with van der Waals surface area (Å²) in [5, 5.41) is 3.44. The molecule has 2 rings (SSSR count). The lowest BCUT2D eigenvalue weighted by molar-refractivity contribution is 0.0560. The van der Waals surface area contributed by atoms with Gasteiger partial charge in [0.15, 0.2) is 0 Å². The van der Waals surface area contributed by atoms with Crippen molar-refractivity contribution in [3.63, 3.8) is 0 Å². The minimum Gasteiger partial charge on any atom is -0.463 e. The van der Waals surface area contributed by atoms with Crippen LogP contribution in [-0.2, 0) is 9.47 Å². The highest BCUT2D eigenvalue weighted by Gasteiger charge is 2.18. The first-order valence-corrected chi connectivity index (χ1v) is 6.70. The summed E-state index contributed by atoms with van der Waals surface area (Å²) in [6.07, 6.45) is 2.20. The van der Waals surface area contributed by atoms with Crippen LogP contribution in [0.15, 0.2) is 16.5 Å². The second-order valence-corrected chi connectivity index (χ2v) is 4.88. The van der Waals surface area contributed by atoms with Gasteiger partial charge in [-0.2, -0.15) is 0 Å². The molecule has 1 aromatic heterocycles. The van der Waals surface area contributed by atoms with Crippen LogP contribution in [0.2, 0.25) is 0 Å². The average Bonchev–Trinajstić information content (AvgIpc) is 2.95. The van der Waals surface area contributed by atoms with Gasteiger partial charge in [-0.1, -0.05) is 0 Å². The third-order valence-corrected chi connectivity index (χ3v) is 3.49. The van der Waals surface area contributed by atoms with Gasteiger partial charge >= 0.3 is 5.97 Å². The molecule has 106 valence electrons. The zero-order chi connectivity index (χ0) is 13.7. The summed E-state index contributed by atoms with van der Waals surface area (Å²) in [6, 6.07) is 3.54. The number of furan rings is 1. The second-order valence-electron chi connectivity index (χ2n) is 4.88. The van der Waals surface area contributed by atoms with Gasteiger partial charge in [-0.25, -0.2) is 4.79 Å². The molecule has 1 N–H and O–H groups in total. The SMILES string of the molecule is COC(=O)c1ccc(C(C)NCC2CCOCC2)o1. The van der Waals surface area contributed by atoms with Crippen molar-refractivity contribution in [2.75, 3.05) is 26.9 Å². The molecule has 0 spiro atoms. The Morgan fingerprint density at radius 1 is 1.47 bits per heavy atom. The van der Waals surface area contributed by atoms with Gasteiger partial charge in [-0.15, -0.1) is 0 Å². The number of rotatable bonds is 5. The molecule has 1 aromatic rings. The zero-order valence-corrected chi connectivity index (χ0v) is 11.5. The Kier molecular flexibility index (Phi) is 4.99. The molecule has 1 aliphatic heterocycles. The molecule has 0 radical (unpaired) electrons. The molecule has 0 bridgehead atoms. The van der Waals surface area contributed by atoms with Gasteiger partial charge in [0, 0.05) is 13.2 Å². The fraction of sp³-hybridized carbons (Fsp3) is 0.643. The van der Waals surface area contributed by atoms with Crippen LogP contribution in [0.4, 0.5) is 0 Å². The van der Waals surface area contributed by atoms with Crippen LogP contribution in [0.3, 0.4) is 0 Å². The number of methoxy groups -OCH3 is 1. The summed E-state index contributed by atoms with van der Waals surface area (Å²) in [5.41, 5.74) is 0. The molecular weight excluding hydrogens is 246 g/mol. The highest BCUT2D eigenvalue weighted by Crippen LogP contribution is 2.19. The standard InChI is InChI=1S/C14H21NO4/c1-10(15-9-11-5-7-18-8-6-11)12-3-4-13(19-12)14(16)17-2/h3-4,10-11,15H,5-9H2,1-2H3. The lowest BCUT2D eigenvalue weighted by Gasteiger charge is -2.23. The molecule has 5 heteroatoms. The number of ether oxygens (including phenoxy) is 2. The lowest BCUT2D eigenvalue weighted by atomic mass is 10.00. The van der Waals surface area contributed by atoms with Gasteiger partial charge in [0.25, 0.3) is 0 Å². The molecule has 5 nitrogen and oxygen atoms in total. The Balaban J connectivity index is 1.83. The minimum atomic E-state index is -0.442. The smallest absolute Gasteiger partial charge is 0.373 e. The van der Waals surface area contributed by atoms with Crippen LogP contribution < -0.4 is 5.32 Å². The lowest BCUT2D eigenvalue weighted by Crippen LogP contribution is -2.29. The van der Waals surface area contributed by atoms with Crippen molar-refractivity contribution in [1.82, 2.24) is 5.32 Å². The summed E-state index contributed by atoms with van der Waals surface area (Å²) in [5.74, 6) is 1.22. The number of hydrogen-bond acceptors (Lipinski definition) is 5. The third-order valence-electron chi connectivity index (χ3n) is 3.49. The van der Waals surface area contributed by atoms with Crippen LogP contribution in [-0.4, -0.2) is 32.8 Å². The maximum atomic E-state index is 11.3. The van der Waals surface area contributed by atoms with Crippen molar-refractivity contribution in [1.29, 1.82) is 0 Å². The fourth-order valence-corrected chi connectivity index (χ4v) is 2.19. The van der Waals surface area contributed by atoms with Gasteiger partial charge in [0.2, 0.25) is 5.76 Å². The molecule has 0 aromatic carbocycles. The number of carbonyl (C=O) groups is 1. The second kappa shape index (κ2) is 6.73. The Hall–Kier alpha value is -1.33. The summed E-state index contributed by atoms with van der Waals surface area (Å²) < 4.78 is 15.4. The van der Waals surface area contributed by atoms with E-state index in [0.29, 0.717) is 5.92 Å². The topological polar surface area (TPSA) is 60.7 Å². The van der Waals surface area contributed by atoms with E-state index in [1.807, 2.05) is 13.0 Å². The van der Waals surface area contributed by atoms with Gasteiger partial charge < -0.3 is 19.2 Å². The predicted octanol–water partition coefficient (Wildman–Crippen LogP) is 2.14. The van der Waals surface area contributed by atoms with E-state index < -0.39 is 5.97 Å². The van der Waals surface area contributed by atoms with Gasteiger partial charge in [-0.05, 0) is 44.4 Å². The highest BCUT2D eigenvalue weighted by molar-refractivity contribution is 5.86. The highest BCUT2D eigenvalue weighted by atomic mass is 16.5. The Morgan fingerprint density at radius 2 is 2.21 bits per heavy atom. The van der Waals surface area contributed by atoms with E-state index in [9.17, 15) is 4.79 Å². The Bertz CT molecular complexity index is 409. The van der Waals surface area contributed by atoms with Crippen LogP contribution in [0.25, 0.3) is 0 Å². The van der Waals surface area contributed by atoms with E-state index in [4.69, 9.17) is 9.15 Å². The minimum absolute atomic E-state index is 0.0845. The van der Waals surface area contributed by atoms with Crippen LogP contribution in [0.5, 0.6) is 0 Å². The molecular formula is C14H21NO4. The molecule has 1 aliphatic rings. The molecule has 0 saturated carbocycles. The van der Waals surface area contributed by atoms with Crippen molar-refractivity contribution in [3.05, 3.63) is 23.7 Å². The van der Waals surface area contributed by atoms with Crippen LogP contribution in [0.1, 0.15) is 42.1 Å². The van der Waals surface area contributed by atoms with Crippen molar-refractivity contribution >= 4 is 5.97 Å². The van der Waals surface area contributed by atoms with Crippen LogP contribution in [0, 0.1) is 5.92 Å². The average molecular weight is 267 g/mol. The summed E-state index contributed by atoms with van der Waals surface area (Å²) in [6.45, 7) is 4.68. The van der Waals surface area contributed by atoms with E-state index in [1.54, 1.807) is 6.07 Å².